The number of hydrogen-bond acceptors (Lipinski definition) is 2. The maximum absolute atomic E-state index is 12.6. The van der Waals surface area contributed by atoms with Gasteiger partial charge in [-0.3, -0.25) is 0 Å². The predicted molar refractivity (Wildman–Crippen MR) is 76.1 cm³/mol. The van der Waals surface area contributed by atoms with Gasteiger partial charge in [0.15, 0.2) is 0 Å². The summed E-state index contributed by atoms with van der Waals surface area (Å²) in [6.45, 7) is 0. The molecule has 0 unspecified atom stereocenters. The number of alkyl halides is 3. The van der Waals surface area contributed by atoms with Crippen LogP contribution in [0.2, 0.25) is 0 Å². The number of ether oxygens (including phenoxy) is 1. The molecule has 0 heterocycles. The Kier molecular flexibility index (Phi) is 4.83. The summed E-state index contributed by atoms with van der Waals surface area (Å²) in [6, 6.07) is 5.70. The molecule has 0 amide bonds. The van der Waals surface area contributed by atoms with E-state index in [4.69, 9.17) is 4.74 Å². The largest absolute Gasteiger partial charge is 0.495 e. The second-order valence-electron chi connectivity index (χ2n) is 5.08. The molecule has 20 heavy (non-hydrogen) atoms. The first kappa shape index (κ1) is 15.5. The van der Waals surface area contributed by atoms with Gasteiger partial charge in [-0.25, -0.2) is 0 Å². The van der Waals surface area contributed by atoms with Crippen molar-refractivity contribution < 1.29 is 17.9 Å². The third-order valence-electron chi connectivity index (χ3n) is 3.71. The van der Waals surface area contributed by atoms with Crippen LogP contribution in [-0.2, 0) is 0 Å². The highest BCUT2D eigenvalue weighted by atomic mass is 79.9. The smallest absolute Gasteiger partial charge is 0.391 e. The minimum Gasteiger partial charge on any atom is -0.495 e. The van der Waals surface area contributed by atoms with Crippen molar-refractivity contribution in [3.8, 4) is 5.75 Å². The molecule has 1 aromatic rings. The lowest BCUT2D eigenvalue weighted by atomic mass is 9.85. The highest BCUT2D eigenvalue weighted by molar-refractivity contribution is 9.10. The second kappa shape index (κ2) is 6.24. The summed E-state index contributed by atoms with van der Waals surface area (Å²) in [5, 5.41) is 3.29. The van der Waals surface area contributed by atoms with Crippen molar-refractivity contribution in [2.45, 2.75) is 37.9 Å². The SMILES string of the molecule is COc1cc(NC2CCC(C(F)(F)F)CC2)ccc1Br. The van der Waals surface area contributed by atoms with E-state index in [9.17, 15) is 13.2 Å². The first-order valence-corrected chi connectivity index (χ1v) is 7.36. The Hall–Kier alpha value is -0.910. The Morgan fingerprint density at radius 2 is 1.85 bits per heavy atom. The Bertz CT molecular complexity index is 456. The lowest BCUT2D eigenvalue weighted by Gasteiger charge is -2.31. The fourth-order valence-electron chi connectivity index (χ4n) is 2.55. The monoisotopic (exact) mass is 351 g/mol. The molecule has 0 aliphatic heterocycles. The molecule has 2 nitrogen and oxygen atoms in total. The quantitative estimate of drug-likeness (QED) is 0.828. The maximum Gasteiger partial charge on any atom is 0.391 e. The van der Waals surface area contributed by atoms with Crippen molar-refractivity contribution in [1.82, 2.24) is 0 Å². The van der Waals surface area contributed by atoms with Crippen LogP contribution < -0.4 is 10.1 Å². The van der Waals surface area contributed by atoms with E-state index in [1.165, 1.54) is 0 Å². The van der Waals surface area contributed by atoms with Gasteiger partial charge in [-0.2, -0.15) is 13.2 Å². The summed E-state index contributed by atoms with van der Waals surface area (Å²) in [6.07, 6.45) is -2.55. The van der Waals surface area contributed by atoms with Crippen LogP contribution in [0.25, 0.3) is 0 Å². The summed E-state index contributed by atoms with van der Waals surface area (Å²) in [5.41, 5.74) is 0.875. The normalized spacial score (nSPS) is 23.4. The van der Waals surface area contributed by atoms with E-state index in [2.05, 4.69) is 21.2 Å². The summed E-state index contributed by atoms with van der Waals surface area (Å²) in [7, 11) is 1.58. The average Bonchev–Trinajstić information content (AvgIpc) is 2.40. The number of anilines is 1. The molecular formula is C14H17BrF3NO. The number of halogens is 4. The van der Waals surface area contributed by atoms with Gasteiger partial charge in [0, 0.05) is 17.8 Å². The van der Waals surface area contributed by atoms with E-state index in [1.807, 2.05) is 18.2 Å². The van der Waals surface area contributed by atoms with Gasteiger partial charge >= 0.3 is 6.18 Å². The van der Waals surface area contributed by atoms with Gasteiger partial charge in [0.1, 0.15) is 5.75 Å². The highest BCUT2D eigenvalue weighted by Gasteiger charge is 2.41. The van der Waals surface area contributed by atoms with Crippen LogP contribution in [0.15, 0.2) is 22.7 Å². The van der Waals surface area contributed by atoms with Gasteiger partial charge in [-0.05, 0) is 53.7 Å². The molecular weight excluding hydrogens is 335 g/mol. The highest BCUT2D eigenvalue weighted by Crippen LogP contribution is 2.38. The van der Waals surface area contributed by atoms with Crippen molar-refractivity contribution in [2.24, 2.45) is 5.92 Å². The molecule has 112 valence electrons. The number of methoxy groups -OCH3 is 1. The molecule has 1 aliphatic carbocycles. The first-order valence-electron chi connectivity index (χ1n) is 6.57. The molecule has 1 aliphatic rings. The Morgan fingerprint density at radius 3 is 2.40 bits per heavy atom. The van der Waals surface area contributed by atoms with Crippen LogP contribution in [0.1, 0.15) is 25.7 Å². The predicted octanol–water partition coefficient (Wildman–Crippen LogP) is 4.99. The van der Waals surface area contributed by atoms with Crippen LogP contribution >= 0.6 is 15.9 Å². The summed E-state index contributed by atoms with van der Waals surface area (Å²) >= 11 is 3.37. The van der Waals surface area contributed by atoms with Crippen molar-refractivity contribution in [3.05, 3.63) is 22.7 Å². The summed E-state index contributed by atoms with van der Waals surface area (Å²) in [4.78, 5) is 0. The molecule has 0 radical (unpaired) electrons. The molecule has 1 N–H and O–H groups in total. The topological polar surface area (TPSA) is 21.3 Å². The lowest BCUT2D eigenvalue weighted by molar-refractivity contribution is -0.182. The third-order valence-corrected chi connectivity index (χ3v) is 4.37. The average molecular weight is 352 g/mol. The van der Waals surface area contributed by atoms with E-state index in [0.29, 0.717) is 18.6 Å². The van der Waals surface area contributed by atoms with E-state index in [-0.39, 0.29) is 18.9 Å². The molecule has 2 rings (SSSR count). The lowest BCUT2D eigenvalue weighted by Crippen LogP contribution is -2.32. The fourth-order valence-corrected chi connectivity index (χ4v) is 2.96. The van der Waals surface area contributed by atoms with Gasteiger partial charge in [0.25, 0.3) is 0 Å². The zero-order chi connectivity index (χ0) is 14.8. The summed E-state index contributed by atoms with van der Waals surface area (Å²) in [5.74, 6) is -0.431. The number of hydrogen-bond donors (Lipinski definition) is 1. The third kappa shape index (κ3) is 3.81. The van der Waals surface area contributed by atoms with Gasteiger partial charge < -0.3 is 10.1 Å². The molecule has 0 saturated heterocycles. The van der Waals surface area contributed by atoms with E-state index in [0.717, 1.165) is 10.2 Å². The van der Waals surface area contributed by atoms with Crippen molar-refractivity contribution in [1.29, 1.82) is 0 Å². The standard InChI is InChI=1S/C14H17BrF3NO/c1-20-13-8-11(6-7-12(13)15)19-10-4-2-9(3-5-10)14(16,17)18/h6-10,19H,2-5H2,1H3. The van der Waals surface area contributed by atoms with Gasteiger partial charge in [-0.1, -0.05) is 0 Å². The van der Waals surface area contributed by atoms with Gasteiger partial charge in [0.05, 0.1) is 17.5 Å². The van der Waals surface area contributed by atoms with Gasteiger partial charge in [0.2, 0.25) is 0 Å². The van der Waals surface area contributed by atoms with Crippen molar-refractivity contribution >= 4 is 21.6 Å². The Balaban J connectivity index is 1.93. The molecule has 0 atom stereocenters. The van der Waals surface area contributed by atoms with E-state index < -0.39 is 12.1 Å². The minimum atomic E-state index is -4.05. The van der Waals surface area contributed by atoms with Crippen molar-refractivity contribution in [3.63, 3.8) is 0 Å². The van der Waals surface area contributed by atoms with Crippen LogP contribution in [0.4, 0.5) is 18.9 Å². The Labute approximate surface area is 124 Å². The molecule has 6 heteroatoms. The van der Waals surface area contributed by atoms with Crippen LogP contribution in [0.5, 0.6) is 5.75 Å². The second-order valence-corrected chi connectivity index (χ2v) is 5.94. The van der Waals surface area contributed by atoms with Crippen molar-refractivity contribution in [2.75, 3.05) is 12.4 Å². The van der Waals surface area contributed by atoms with Crippen LogP contribution in [0.3, 0.4) is 0 Å². The fraction of sp³-hybridized carbons (Fsp3) is 0.571. The summed E-state index contributed by atoms with van der Waals surface area (Å²) < 4.78 is 43.8. The van der Waals surface area contributed by atoms with Gasteiger partial charge in [-0.15, -0.1) is 0 Å². The number of nitrogens with one attached hydrogen (secondary N) is 1. The van der Waals surface area contributed by atoms with Crippen LogP contribution in [-0.4, -0.2) is 19.3 Å². The van der Waals surface area contributed by atoms with E-state index in [1.54, 1.807) is 7.11 Å². The first-order chi connectivity index (χ1) is 9.40. The minimum absolute atomic E-state index is 0.0967. The molecule has 0 spiro atoms. The maximum atomic E-state index is 12.6. The zero-order valence-electron chi connectivity index (χ0n) is 11.1. The number of rotatable bonds is 3. The Morgan fingerprint density at radius 1 is 1.20 bits per heavy atom. The zero-order valence-corrected chi connectivity index (χ0v) is 12.7. The molecule has 0 aromatic heterocycles. The van der Waals surface area contributed by atoms with E-state index >= 15 is 0 Å². The molecule has 1 aromatic carbocycles. The molecule has 1 saturated carbocycles. The van der Waals surface area contributed by atoms with Crippen LogP contribution in [0, 0.1) is 5.92 Å². The molecule has 1 fully saturated rings. The molecule has 0 bridgehead atoms. The number of benzene rings is 1.